The first-order valence-corrected chi connectivity index (χ1v) is 4.80. The van der Waals surface area contributed by atoms with Crippen molar-refractivity contribution in [2.24, 2.45) is 0 Å². The Bertz CT molecular complexity index is 309. The Hall–Kier alpha value is -1.48. The predicted molar refractivity (Wildman–Crippen MR) is 54.4 cm³/mol. The molecule has 0 aromatic heterocycles. The summed E-state index contributed by atoms with van der Waals surface area (Å²) in [5.41, 5.74) is 7.31. The average molecular weight is 212 g/mol. The summed E-state index contributed by atoms with van der Waals surface area (Å²) in [4.78, 5) is 25.4. The number of carbonyl (C=O) groups is 2. The Morgan fingerprint density at radius 2 is 1.87 bits per heavy atom. The Kier molecular flexibility index (Phi) is 4.88. The van der Waals surface area contributed by atoms with Crippen LogP contribution in [0.2, 0.25) is 0 Å². The van der Waals surface area contributed by atoms with Crippen molar-refractivity contribution in [3.63, 3.8) is 0 Å². The first kappa shape index (κ1) is 13.5. The van der Waals surface area contributed by atoms with Gasteiger partial charge in [0, 0.05) is 6.42 Å². The van der Waals surface area contributed by atoms with E-state index in [4.69, 9.17) is 10.3 Å². The number of hydrogen-bond acceptors (Lipinski definition) is 3. The first-order chi connectivity index (χ1) is 6.81. The molecular weight excluding hydrogens is 196 g/mol. The Labute approximate surface area is 89.0 Å². The van der Waals surface area contributed by atoms with Gasteiger partial charge in [0.2, 0.25) is 0 Å². The SMILES string of the molecule is CCCC(=O)C(=[N+]=[N-])C(=O)OC(C)(C)C. The molecule has 5 heteroatoms. The molecule has 0 aliphatic heterocycles. The summed E-state index contributed by atoms with van der Waals surface area (Å²) >= 11 is 0. The summed E-state index contributed by atoms with van der Waals surface area (Å²) in [6, 6.07) is 0. The van der Waals surface area contributed by atoms with Gasteiger partial charge in [-0.05, 0) is 27.2 Å². The molecule has 0 rings (SSSR count). The van der Waals surface area contributed by atoms with Crippen LogP contribution >= 0.6 is 0 Å². The summed E-state index contributed by atoms with van der Waals surface area (Å²) in [6.45, 7) is 6.81. The molecule has 0 bridgehead atoms. The summed E-state index contributed by atoms with van der Waals surface area (Å²) in [5.74, 6) is -1.39. The van der Waals surface area contributed by atoms with Crippen molar-refractivity contribution in [2.45, 2.75) is 46.1 Å². The molecular formula is C10H16N2O3. The van der Waals surface area contributed by atoms with Crippen LogP contribution in [0.25, 0.3) is 5.53 Å². The Morgan fingerprint density at radius 1 is 1.33 bits per heavy atom. The summed E-state index contributed by atoms with van der Waals surface area (Å²) in [6.07, 6.45) is 0.749. The zero-order chi connectivity index (χ0) is 12.1. The van der Waals surface area contributed by atoms with E-state index in [1.807, 2.05) is 0 Å². The van der Waals surface area contributed by atoms with E-state index >= 15 is 0 Å². The molecule has 0 unspecified atom stereocenters. The van der Waals surface area contributed by atoms with Gasteiger partial charge in [0.05, 0.1) is 0 Å². The van der Waals surface area contributed by atoms with E-state index in [1.165, 1.54) is 0 Å². The highest BCUT2D eigenvalue weighted by molar-refractivity contribution is 6.62. The zero-order valence-corrected chi connectivity index (χ0v) is 9.53. The highest BCUT2D eigenvalue weighted by Gasteiger charge is 2.33. The maximum Gasteiger partial charge on any atom is 0.441 e. The fraction of sp³-hybridized carbons (Fsp3) is 0.700. The first-order valence-electron chi connectivity index (χ1n) is 4.80. The van der Waals surface area contributed by atoms with Gasteiger partial charge >= 0.3 is 11.7 Å². The Balaban J connectivity index is 4.66. The lowest BCUT2D eigenvalue weighted by atomic mass is 10.1. The average Bonchev–Trinajstić information content (AvgIpc) is 2.02. The van der Waals surface area contributed by atoms with Gasteiger partial charge in [-0.2, -0.15) is 4.79 Å². The lowest BCUT2D eigenvalue weighted by Gasteiger charge is -2.17. The molecule has 0 N–H and O–H groups in total. The fourth-order valence-corrected chi connectivity index (χ4v) is 0.882. The van der Waals surface area contributed by atoms with E-state index in [2.05, 4.69) is 4.79 Å². The second-order valence-corrected chi connectivity index (χ2v) is 4.12. The molecule has 0 aromatic carbocycles. The Morgan fingerprint density at radius 3 is 2.20 bits per heavy atom. The minimum Gasteiger partial charge on any atom is -0.451 e. The normalized spacial score (nSPS) is 10.4. The fourth-order valence-electron chi connectivity index (χ4n) is 0.882. The van der Waals surface area contributed by atoms with E-state index in [9.17, 15) is 9.59 Å². The van der Waals surface area contributed by atoms with Crippen molar-refractivity contribution in [2.75, 3.05) is 0 Å². The van der Waals surface area contributed by atoms with Crippen LogP contribution in [0.3, 0.4) is 0 Å². The van der Waals surface area contributed by atoms with Gasteiger partial charge in [-0.15, -0.1) is 0 Å². The molecule has 0 aliphatic rings. The van der Waals surface area contributed by atoms with E-state index in [0.717, 1.165) is 0 Å². The topological polar surface area (TPSA) is 79.8 Å². The lowest BCUT2D eigenvalue weighted by Crippen LogP contribution is -2.33. The smallest absolute Gasteiger partial charge is 0.441 e. The van der Waals surface area contributed by atoms with E-state index in [-0.39, 0.29) is 6.42 Å². The number of ether oxygens (including phenoxy) is 1. The number of nitrogens with zero attached hydrogens (tertiary/aromatic N) is 2. The summed E-state index contributed by atoms with van der Waals surface area (Å²) < 4.78 is 4.91. The van der Waals surface area contributed by atoms with Crippen LogP contribution in [-0.4, -0.2) is 27.9 Å². The van der Waals surface area contributed by atoms with Crippen molar-refractivity contribution < 1.29 is 19.1 Å². The van der Waals surface area contributed by atoms with Crippen molar-refractivity contribution in [3.8, 4) is 0 Å². The molecule has 0 aliphatic carbocycles. The van der Waals surface area contributed by atoms with Gasteiger partial charge < -0.3 is 10.3 Å². The molecule has 0 radical (unpaired) electrons. The molecule has 0 saturated carbocycles. The highest BCUT2D eigenvalue weighted by Crippen LogP contribution is 2.07. The van der Waals surface area contributed by atoms with Crippen molar-refractivity contribution in [3.05, 3.63) is 5.53 Å². The third-order valence-corrected chi connectivity index (χ3v) is 1.43. The predicted octanol–water partition coefficient (Wildman–Crippen LogP) is 1.37. The number of hydrogen-bond donors (Lipinski definition) is 0. The number of ketones is 1. The van der Waals surface area contributed by atoms with Gasteiger partial charge in [0.15, 0.2) is 0 Å². The number of carbonyl (C=O) groups excluding carboxylic acids is 2. The summed E-state index contributed by atoms with van der Waals surface area (Å²) in [7, 11) is 0. The summed E-state index contributed by atoms with van der Waals surface area (Å²) in [5, 5.41) is 0. The number of esters is 1. The molecule has 0 aromatic rings. The molecule has 15 heavy (non-hydrogen) atoms. The highest BCUT2D eigenvalue weighted by atomic mass is 16.6. The maximum absolute atomic E-state index is 11.4. The van der Waals surface area contributed by atoms with E-state index in [1.54, 1.807) is 27.7 Å². The minimum absolute atomic E-state index is 0.165. The van der Waals surface area contributed by atoms with E-state index in [0.29, 0.717) is 6.42 Å². The quantitative estimate of drug-likeness (QED) is 0.232. The largest absolute Gasteiger partial charge is 0.451 e. The monoisotopic (exact) mass is 212 g/mol. The minimum atomic E-state index is -0.886. The van der Waals surface area contributed by atoms with Crippen molar-refractivity contribution in [1.29, 1.82) is 0 Å². The van der Waals surface area contributed by atoms with Gasteiger partial charge in [0.25, 0.3) is 5.78 Å². The van der Waals surface area contributed by atoms with Gasteiger partial charge in [-0.3, -0.25) is 4.79 Å². The third kappa shape index (κ3) is 5.08. The second kappa shape index (κ2) is 5.41. The van der Waals surface area contributed by atoms with Crippen molar-refractivity contribution >= 4 is 17.5 Å². The molecule has 0 heterocycles. The van der Waals surface area contributed by atoms with Crippen LogP contribution in [0.5, 0.6) is 0 Å². The standard InChI is InChI=1S/C10H16N2O3/c1-5-6-7(13)8(12-11)9(14)15-10(2,3)4/h5-6H2,1-4H3. The number of rotatable bonds is 4. The van der Waals surface area contributed by atoms with Crippen LogP contribution in [0.15, 0.2) is 0 Å². The second-order valence-electron chi connectivity index (χ2n) is 4.12. The maximum atomic E-state index is 11.4. The lowest BCUT2D eigenvalue weighted by molar-refractivity contribution is -0.152. The van der Waals surface area contributed by atoms with Crippen LogP contribution in [0.1, 0.15) is 40.5 Å². The molecule has 0 fully saturated rings. The molecule has 84 valence electrons. The molecule has 5 nitrogen and oxygen atoms in total. The molecule has 0 amide bonds. The van der Waals surface area contributed by atoms with Gasteiger partial charge in [-0.1, -0.05) is 6.92 Å². The van der Waals surface area contributed by atoms with Gasteiger partial charge in [0.1, 0.15) is 5.60 Å². The van der Waals surface area contributed by atoms with Crippen LogP contribution in [-0.2, 0) is 14.3 Å². The number of Topliss-reactive ketones (excluding diaryl/α,β-unsaturated/α-hetero) is 1. The third-order valence-electron chi connectivity index (χ3n) is 1.43. The molecule has 0 saturated heterocycles. The van der Waals surface area contributed by atoms with Crippen LogP contribution in [0, 0.1) is 0 Å². The van der Waals surface area contributed by atoms with E-state index < -0.39 is 23.1 Å². The van der Waals surface area contributed by atoms with Gasteiger partial charge in [-0.25, -0.2) is 4.79 Å². The zero-order valence-electron chi connectivity index (χ0n) is 9.53. The van der Waals surface area contributed by atoms with Crippen molar-refractivity contribution in [1.82, 2.24) is 0 Å². The van der Waals surface area contributed by atoms with Crippen LogP contribution in [0.4, 0.5) is 0 Å². The van der Waals surface area contributed by atoms with Crippen LogP contribution < -0.4 is 0 Å². The molecule has 0 atom stereocenters. The molecule has 0 spiro atoms.